The lowest BCUT2D eigenvalue weighted by molar-refractivity contribution is -0.121. The zero-order valence-electron chi connectivity index (χ0n) is 12.6. The number of hydrogen-bond donors (Lipinski definition) is 2. The van der Waals surface area contributed by atoms with Crippen LogP contribution in [-0.2, 0) is 4.79 Å². The molecule has 1 unspecified atom stereocenters. The largest absolute Gasteiger partial charge is 0.496 e. The number of halogens is 1. The number of carbonyl (C=O) groups excluding carboxylic acids is 1. The van der Waals surface area contributed by atoms with Crippen molar-refractivity contribution in [1.82, 2.24) is 5.32 Å². The van der Waals surface area contributed by atoms with Crippen molar-refractivity contribution in [3.63, 3.8) is 0 Å². The molecule has 0 fully saturated rings. The van der Waals surface area contributed by atoms with E-state index in [-0.39, 0.29) is 18.3 Å². The first-order valence-electron chi connectivity index (χ1n) is 6.90. The molecule has 0 heterocycles. The molecule has 1 amide bonds. The second kappa shape index (κ2) is 11.7. The van der Waals surface area contributed by atoms with Crippen molar-refractivity contribution in [3.8, 4) is 5.75 Å². The Morgan fingerprint density at radius 3 is 2.81 bits per heavy atom. The average molecular weight is 333 g/mol. The number of carbonyl (C=O) groups is 1. The highest BCUT2D eigenvalue weighted by Gasteiger charge is 2.08. The number of thioether (sulfide) groups is 1. The fourth-order valence-electron chi connectivity index (χ4n) is 1.67. The molecule has 120 valence electrons. The highest BCUT2D eigenvalue weighted by Crippen LogP contribution is 2.29. The first-order valence-corrected chi connectivity index (χ1v) is 7.88. The van der Waals surface area contributed by atoms with Crippen LogP contribution in [0.1, 0.15) is 19.8 Å². The van der Waals surface area contributed by atoms with E-state index in [1.165, 1.54) is 0 Å². The predicted molar refractivity (Wildman–Crippen MR) is 91.4 cm³/mol. The third-order valence-electron chi connectivity index (χ3n) is 2.85. The van der Waals surface area contributed by atoms with Crippen LogP contribution in [0.2, 0.25) is 0 Å². The molecule has 0 aliphatic heterocycles. The van der Waals surface area contributed by atoms with Crippen LogP contribution in [-0.4, -0.2) is 31.9 Å². The van der Waals surface area contributed by atoms with Crippen molar-refractivity contribution in [2.75, 3.05) is 26.0 Å². The maximum Gasteiger partial charge on any atom is 0.220 e. The van der Waals surface area contributed by atoms with Crippen molar-refractivity contribution in [1.29, 1.82) is 0 Å². The zero-order valence-corrected chi connectivity index (χ0v) is 14.3. The number of rotatable bonds is 9. The van der Waals surface area contributed by atoms with Gasteiger partial charge >= 0.3 is 0 Å². The monoisotopic (exact) mass is 332 g/mol. The molecule has 0 saturated carbocycles. The Balaban J connectivity index is 0.00000400. The number of benzene rings is 1. The van der Waals surface area contributed by atoms with E-state index in [4.69, 9.17) is 10.5 Å². The second-order valence-electron chi connectivity index (χ2n) is 4.76. The second-order valence-corrected chi connectivity index (χ2v) is 5.83. The van der Waals surface area contributed by atoms with Gasteiger partial charge in [0, 0.05) is 23.6 Å². The number of ether oxygens (including phenoxy) is 1. The molecule has 1 aromatic carbocycles. The van der Waals surface area contributed by atoms with Gasteiger partial charge in [-0.3, -0.25) is 4.79 Å². The van der Waals surface area contributed by atoms with Crippen molar-refractivity contribution >= 4 is 30.1 Å². The quantitative estimate of drug-likeness (QED) is 0.682. The standard InChI is InChI=1S/C15H24N2O2S.ClH/c1-12(10-17-15(18)8-5-9-16)11-20-14-7-4-3-6-13(14)19-2;/h3-4,6-7,12H,5,8-11,16H2,1-2H3,(H,17,18);1H. The van der Waals surface area contributed by atoms with Crippen molar-refractivity contribution in [3.05, 3.63) is 24.3 Å². The smallest absolute Gasteiger partial charge is 0.220 e. The molecule has 0 aliphatic rings. The van der Waals surface area contributed by atoms with Crippen LogP contribution in [0.4, 0.5) is 0 Å². The van der Waals surface area contributed by atoms with Crippen LogP contribution in [0.3, 0.4) is 0 Å². The molecule has 1 rings (SSSR count). The average Bonchev–Trinajstić information content (AvgIpc) is 2.48. The van der Waals surface area contributed by atoms with Crippen LogP contribution in [0.5, 0.6) is 5.75 Å². The van der Waals surface area contributed by atoms with E-state index in [1.807, 2.05) is 18.2 Å². The molecule has 0 aliphatic carbocycles. The number of nitrogens with two attached hydrogens (primary N) is 1. The maximum atomic E-state index is 11.5. The highest BCUT2D eigenvalue weighted by atomic mass is 35.5. The minimum atomic E-state index is 0. The van der Waals surface area contributed by atoms with Crippen LogP contribution in [0.25, 0.3) is 0 Å². The lowest BCUT2D eigenvalue weighted by Gasteiger charge is -2.13. The van der Waals surface area contributed by atoms with Crippen molar-refractivity contribution < 1.29 is 9.53 Å². The van der Waals surface area contributed by atoms with E-state index in [0.29, 0.717) is 25.4 Å². The number of para-hydroxylation sites is 1. The molecule has 6 heteroatoms. The van der Waals surface area contributed by atoms with Crippen molar-refractivity contribution in [2.24, 2.45) is 11.7 Å². The van der Waals surface area contributed by atoms with E-state index < -0.39 is 0 Å². The van der Waals surface area contributed by atoms with Gasteiger partial charge in [-0.05, 0) is 31.0 Å². The van der Waals surface area contributed by atoms with E-state index >= 15 is 0 Å². The zero-order chi connectivity index (χ0) is 14.8. The van der Waals surface area contributed by atoms with Gasteiger partial charge in [-0.1, -0.05) is 19.1 Å². The molecule has 3 N–H and O–H groups in total. The molecule has 0 saturated heterocycles. The summed E-state index contributed by atoms with van der Waals surface area (Å²) in [4.78, 5) is 12.6. The summed E-state index contributed by atoms with van der Waals surface area (Å²) in [5, 5.41) is 2.94. The van der Waals surface area contributed by atoms with Gasteiger partial charge in [0.1, 0.15) is 5.75 Å². The Kier molecular flexibility index (Phi) is 11.2. The topological polar surface area (TPSA) is 64.3 Å². The Morgan fingerprint density at radius 2 is 2.14 bits per heavy atom. The normalized spacial score (nSPS) is 11.4. The minimum absolute atomic E-state index is 0. The molecular formula is C15H25ClN2O2S. The Hall–Kier alpha value is -0.910. The summed E-state index contributed by atoms with van der Waals surface area (Å²) in [6.45, 7) is 3.39. The number of methoxy groups -OCH3 is 1. The fraction of sp³-hybridized carbons (Fsp3) is 0.533. The first-order chi connectivity index (χ1) is 9.67. The number of amides is 1. The van der Waals surface area contributed by atoms with Gasteiger partial charge < -0.3 is 15.8 Å². The molecule has 21 heavy (non-hydrogen) atoms. The van der Waals surface area contributed by atoms with E-state index in [2.05, 4.69) is 18.3 Å². The van der Waals surface area contributed by atoms with E-state index in [9.17, 15) is 4.79 Å². The minimum Gasteiger partial charge on any atom is -0.496 e. The van der Waals surface area contributed by atoms with Gasteiger partial charge in [-0.15, -0.1) is 24.2 Å². The van der Waals surface area contributed by atoms with E-state index in [0.717, 1.165) is 22.8 Å². The third kappa shape index (κ3) is 8.19. The van der Waals surface area contributed by atoms with Crippen LogP contribution >= 0.6 is 24.2 Å². The van der Waals surface area contributed by atoms with Crippen LogP contribution in [0, 0.1) is 5.92 Å². The lowest BCUT2D eigenvalue weighted by Crippen LogP contribution is -2.29. The summed E-state index contributed by atoms with van der Waals surface area (Å²) in [6.07, 6.45) is 1.26. The van der Waals surface area contributed by atoms with Gasteiger partial charge in [-0.25, -0.2) is 0 Å². The summed E-state index contributed by atoms with van der Waals surface area (Å²) in [5.41, 5.74) is 5.38. The summed E-state index contributed by atoms with van der Waals surface area (Å²) >= 11 is 1.75. The Labute approximate surface area is 137 Å². The molecule has 4 nitrogen and oxygen atoms in total. The number of hydrogen-bond acceptors (Lipinski definition) is 4. The summed E-state index contributed by atoms with van der Waals surface area (Å²) < 4.78 is 5.32. The lowest BCUT2D eigenvalue weighted by atomic mass is 10.2. The molecule has 0 spiro atoms. The van der Waals surface area contributed by atoms with Gasteiger partial charge in [0.05, 0.1) is 7.11 Å². The van der Waals surface area contributed by atoms with Crippen LogP contribution in [0.15, 0.2) is 29.2 Å². The predicted octanol–water partition coefficient (Wildman–Crippen LogP) is 2.70. The van der Waals surface area contributed by atoms with Crippen molar-refractivity contribution in [2.45, 2.75) is 24.7 Å². The molecule has 0 radical (unpaired) electrons. The van der Waals surface area contributed by atoms with Gasteiger partial charge in [0.15, 0.2) is 0 Å². The molecular weight excluding hydrogens is 308 g/mol. The molecule has 0 aromatic heterocycles. The molecule has 1 aromatic rings. The van der Waals surface area contributed by atoms with Crippen LogP contribution < -0.4 is 15.8 Å². The summed E-state index contributed by atoms with van der Waals surface area (Å²) in [7, 11) is 1.68. The van der Waals surface area contributed by atoms with Gasteiger partial charge in [0.2, 0.25) is 5.91 Å². The summed E-state index contributed by atoms with van der Waals surface area (Å²) in [5.74, 6) is 2.34. The fourth-order valence-corrected chi connectivity index (χ4v) is 2.72. The van der Waals surface area contributed by atoms with E-state index in [1.54, 1.807) is 18.9 Å². The Morgan fingerprint density at radius 1 is 1.43 bits per heavy atom. The highest BCUT2D eigenvalue weighted by molar-refractivity contribution is 7.99. The Bertz CT molecular complexity index is 418. The van der Waals surface area contributed by atoms with Gasteiger partial charge in [0.25, 0.3) is 0 Å². The molecule has 1 atom stereocenters. The molecule has 0 bridgehead atoms. The number of nitrogens with one attached hydrogen (secondary N) is 1. The third-order valence-corrected chi connectivity index (χ3v) is 4.23. The SMILES string of the molecule is COc1ccccc1SCC(C)CNC(=O)CCCN.Cl. The first kappa shape index (κ1) is 20.1. The maximum absolute atomic E-state index is 11.5. The van der Waals surface area contributed by atoms with Gasteiger partial charge in [-0.2, -0.15) is 0 Å². The summed E-state index contributed by atoms with van der Waals surface area (Å²) in [6, 6.07) is 7.98.